The van der Waals surface area contributed by atoms with Crippen molar-refractivity contribution in [2.75, 3.05) is 0 Å². The van der Waals surface area contributed by atoms with Crippen LogP contribution >= 0.6 is 0 Å². The molecule has 0 aliphatic carbocycles. The van der Waals surface area contributed by atoms with Crippen molar-refractivity contribution in [1.82, 2.24) is 5.32 Å². The molecular formula is C22H39NO3. The summed E-state index contributed by atoms with van der Waals surface area (Å²) in [5.74, 6) is -1.21. The van der Waals surface area contributed by atoms with Crippen LogP contribution in [0, 0.1) is 5.92 Å². The van der Waals surface area contributed by atoms with Crippen molar-refractivity contribution in [3.63, 3.8) is 0 Å². The second-order valence-electron chi connectivity index (χ2n) is 7.25. The number of carboxylic acids is 1. The van der Waals surface area contributed by atoms with E-state index in [1.165, 1.54) is 32.1 Å². The Morgan fingerprint density at radius 2 is 1.46 bits per heavy atom. The maximum Gasteiger partial charge on any atom is 0.326 e. The molecule has 0 aliphatic rings. The SMILES string of the molecule is CCCC/C=C\C/C=C\CCCCCCCC(=O)N[C@H](C(=O)O)C(C)C. The first-order chi connectivity index (χ1) is 12.5. The molecule has 0 rings (SSSR count). The average molecular weight is 366 g/mol. The van der Waals surface area contributed by atoms with Crippen LogP contribution in [0.15, 0.2) is 24.3 Å². The average Bonchev–Trinajstić information content (AvgIpc) is 2.59. The quantitative estimate of drug-likeness (QED) is 0.275. The molecule has 0 fully saturated rings. The van der Waals surface area contributed by atoms with E-state index in [9.17, 15) is 9.59 Å². The lowest BCUT2D eigenvalue weighted by molar-refractivity contribution is -0.143. The Balaban J connectivity index is 3.54. The third-order valence-corrected chi connectivity index (χ3v) is 4.35. The summed E-state index contributed by atoms with van der Waals surface area (Å²) in [5.41, 5.74) is 0. The Morgan fingerprint density at radius 3 is 2.04 bits per heavy atom. The zero-order valence-corrected chi connectivity index (χ0v) is 17.0. The summed E-state index contributed by atoms with van der Waals surface area (Å²) in [6, 6.07) is -0.782. The van der Waals surface area contributed by atoms with E-state index in [4.69, 9.17) is 5.11 Å². The number of carboxylic acid groups (broad SMARTS) is 1. The standard InChI is InChI=1S/C22H39NO3/c1-4-5-6-7-8-9-10-11-12-13-14-15-16-17-18-20(24)23-21(19(2)3)22(25)26/h7-8,10-11,19,21H,4-6,9,12-18H2,1-3H3,(H,23,24)(H,25,26)/b8-7-,11-10-/t21-/m0/s1. The smallest absolute Gasteiger partial charge is 0.326 e. The van der Waals surface area contributed by atoms with Gasteiger partial charge in [-0.3, -0.25) is 4.79 Å². The zero-order chi connectivity index (χ0) is 19.6. The molecule has 150 valence electrons. The molecule has 4 heteroatoms. The van der Waals surface area contributed by atoms with Gasteiger partial charge in [0.1, 0.15) is 6.04 Å². The van der Waals surface area contributed by atoms with Crippen molar-refractivity contribution in [2.45, 2.75) is 97.4 Å². The Bertz CT molecular complexity index is 427. The molecule has 0 saturated heterocycles. The molecule has 0 unspecified atom stereocenters. The number of amides is 1. The fraction of sp³-hybridized carbons (Fsp3) is 0.727. The molecule has 0 aromatic rings. The van der Waals surface area contributed by atoms with Gasteiger partial charge < -0.3 is 10.4 Å². The van der Waals surface area contributed by atoms with E-state index in [1.54, 1.807) is 13.8 Å². The molecule has 2 N–H and O–H groups in total. The van der Waals surface area contributed by atoms with Crippen LogP contribution in [0.5, 0.6) is 0 Å². The molecule has 26 heavy (non-hydrogen) atoms. The summed E-state index contributed by atoms with van der Waals surface area (Å²) in [6.45, 7) is 5.82. The maximum atomic E-state index is 11.8. The maximum absolute atomic E-state index is 11.8. The summed E-state index contributed by atoms with van der Waals surface area (Å²) < 4.78 is 0. The van der Waals surface area contributed by atoms with Crippen LogP contribution in [-0.2, 0) is 9.59 Å². The number of carbonyl (C=O) groups excluding carboxylic acids is 1. The van der Waals surface area contributed by atoms with Gasteiger partial charge in [-0.05, 0) is 38.0 Å². The van der Waals surface area contributed by atoms with E-state index in [1.807, 2.05) is 0 Å². The van der Waals surface area contributed by atoms with Gasteiger partial charge in [0.15, 0.2) is 0 Å². The number of unbranched alkanes of at least 4 members (excludes halogenated alkanes) is 7. The minimum absolute atomic E-state index is 0.101. The zero-order valence-electron chi connectivity index (χ0n) is 17.0. The van der Waals surface area contributed by atoms with Crippen LogP contribution in [-0.4, -0.2) is 23.0 Å². The molecule has 0 radical (unpaired) electrons. The number of hydrogen-bond donors (Lipinski definition) is 2. The van der Waals surface area contributed by atoms with E-state index in [-0.39, 0.29) is 11.8 Å². The van der Waals surface area contributed by atoms with Crippen molar-refractivity contribution >= 4 is 11.9 Å². The van der Waals surface area contributed by atoms with Gasteiger partial charge in [-0.25, -0.2) is 4.79 Å². The highest BCUT2D eigenvalue weighted by molar-refractivity contribution is 5.83. The fourth-order valence-electron chi connectivity index (χ4n) is 2.67. The molecule has 0 aromatic carbocycles. The summed E-state index contributed by atoms with van der Waals surface area (Å²) in [5, 5.41) is 11.7. The third kappa shape index (κ3) is 14.7. The normalized spacial score (nSPS) is 12.9. The second kappa shape index (κ2) is 16.9. The van der Waals surface area contributed by atoms with Crippen LogP contribution in [0.2, 0.25) is 0 Å². The first-order valence-electron chi connectivity index (χ1n) is 10.3. The predicted octanol–water partition coefficient (Wildman–Crippen LogP) is 5.64. The number of hydrogen-bond acceptors (Lipinski definition) is 2. The highest BCUT2D eigenvalue weighted by Crippen LogP contribution is 2.09. The topological polar surface area (TPSA) is 66.4 Å². The van der Waals surface area contributed by atoms with Crippen molar-refractivity contribution in [2.24, 2.45) is 5.92 Å². The molecule has 1 amide bonds. The number of aliphatic carboxylic acids is 1. The Morgan fingerprint density at radius 1 is 0.885 bits per heavy atom. The van der Waals surface area contributed by atoms with Crippen LogP contribution in [0.1, 0.15) is 91.4 Å². The highest BCUT2D eigenvalue weighted by atomic mass is 16.4. The third-order valence-electron chi connectivity index (χ3n) is 4.35. The highest BCUT2D eigenvalue weighted by Gasteiger charge is 2.22. The summed E-state index contributed by atoms with van der Waals surface area (Å²) in [7, 11) is 0. The monoisotopic (exact) mass is 365 g/mol. The van der Waals surface area contributed by atoms with Gasteiger partial charge in [0.25, 0.3) is 0 Å². The van der Waals surface area contributed by atoms with E-state index in [0.717, 1.165) is 32.1 Å². The molecule has 4 nitrogen and oxygen atoms in total. The minimum Gasteiger partial charge on any atom is -0.480 e. The largest absolute Gasteiger partial charge is 0.480 e. The van der Waals surface area contributed by atoms with E-state index < -0.39 is 12.0 Å². The lowest BCUT2D eigenvalue weighted by atomic mass is 10.0. The van der Waals surface area contributed by atoms with Crippen molar-refractivity contribution < 1.29 is 14.7 Å². The Labute approximate surface area is 160 Å². The Hall–Kier alpha value is -1.58. The molecule has 0 aromatic heterocycles. The van der Waals surface area contributed by atoms with Gasteiger partial charge in [0.2, 0.25) is 5.91 Å². The van der Waals surface area contributed by atoms with Gasteiger partial charge in [-0.15, -0.1) is 0 Å². The minimum atomic E-state index is -0.960. The first kappa shape index (κ1) is 24.4. The van der Waals surface area contributed by atoms with E-state index in [2.05, 4.69) is 36.5 Å². The van der Waals surface area contributed by atoms with Crippen LogP contribution < -0.4 is 5.32 Å². The molecule has 0 aliphatic heterocycles. The second-order valence-corrected chi connectivity index (χ2v) is 7.25. The molecule has 0 heterocycles. The molecule has 0 saturated carbocycles. The van der Waals surface area contributed by atoms with Gasteiger partial charge in [-0.1, -0.05) is 77.2 Å². The van der Waals surface area contributed by atoms with Gasteiger partial charge in [0.05, 0.1) is 0 Å². The van der Waals surface area contributed by atoms with E-state index >= 15 is 0 Å². The van der Waals surface area contributed by atoms with Crippen molar-refractivity contribution in [1.29, 1.82) is 0 Å². The summed E-state index contributed by atoms with van der Waals surface area (Å²) in [6.07, 6.45) is 20.7. The number of carbonyl (C=O) groups is 2. The molecular weight excluding hydrogens is 326 g/mol. The van der Waals surface area contributed by atoms with E-state index in [0.29, 0.717) is 6.42 Å². The predicted molar refractivity (Wildman–Crippen MR) is 109 cm³/mol. The molecule has 0 spiro atoms. The Kier molecular flexibility index (Phi) is 15.8. The number of rotatable bonds is 16. The number of allylic oxidation sites excluding steroid dienone is 4. The van der Waals surface area contributed by atoms with Crippen LogP contribution in [0.25, 0.3) is 0 Å². The van der Waals surface area contributed by atoms with Crippen molar-refractivity contribution in [3.8, 4) is 0 Å². The van der Waals surface area contributed by atoms with Gasteiger partial charge in [0, 0.05) is 6.42 Å². The van der Waals surface area contributed by atoms with Crippen molar-refractivity contribution in [3.05, 3.63) is 24.3 Å². The van der Waals surface area contributed by atoms with Gasteiger partial charge in [-0.2, -0.15) is 0 Å². The lowest BCUT2D eigenvalue weighted by Gasteiger charge is -2.17. The van der Waals surface area contributed by atoms with Gasteiger partial charge >= 0.3 is 5.97 Å². The summed E-state index contributed by atoms with van der Waals surface area (Å²) in [4.78, 5) is 22.8. The fourth-order valence-corrected chi connectivity index (χ4v) is 2.67. The number of nitrogens with one attached hydrogen (secondary N) is 1. The van der Waals surface area contributed by atoms with Crippen LogP contribution in [0.3, 0.4) is 0 Å². The lowest BCUT2D eigenvalue weighted by Crippen LogP contribution is -2.44. The molecule has 0 bridgehead atoms. The molecule has 1 atom stereocenters. The van der Waals surface area contributed by atoms with Crippen LogP contribution in [0.4, 0.5) is 0 Å². The first-order valence-corrected chi connectivity index (χ1v) is 10.3. The summed E-state index contributed by atoms with van der Waals surface area (Å²) >= 11 is 0.